The highest BCUT2D eigenvalue weighted by atomic mass is 32.2. The minimum atomic E-state index is -0.263. The van der Waals surface area contributed by atoms with Gasteiger partial charge in [-0.15, -0.1) is 11.8 Å². The van der Waals surface area contributed by atoms with Crippen LogP contribution in [0, 0.1) is 5.82 Å². The van der Waals surface area contributed by atoms with Crippen LogP contribution in [0.15, 0.2) is 53.4 Å². The molecule has 0 aromatic heterocycles. The van der Waals surface area contributed by atoms with Gasteiger partial charge in [0.2, 0.25) is 0 Å². The number of fused-ring (bicyclic) bond motifs is 1. The van der Waals surface area contributed by atoms with Gasteiger partial charge in [0, 0.05) is 42.1 Å². The molecule has 2 atom stereocenters. The normalized spacial score (nSPS) is 24.3. The number of likely N-dealkylation sites (tertiary alicyclic amines) is 1. The number of rotatable bonds is 4. The number of thioether (sulfide) groups is 1. The summed E-state index contributed by atoms with van der Waals surface area (Å²) in [5.41, 5.74) is 2.17. The van der Waals surface area contributed by atoms with Crippen molar-refractivity contribution in [1.82, 2.24) is 9.80 Å². The van der Waals surface area contributed by atoms with Gasteiger partial charge in [0.15, 0.2) is 0 Å². The average Bonchev–Trinajstić information content (AvgIpc) is 3.17. The van der Waals surface area contributed by atoms with Crippen LogP contribution in [0.25, 0.3) is 6.08 Å². The largest absolute Gasteiger partial charge is 0.339 e. The molecule has 184 valence electrons. The molecule has 2 aliphatic heterocycles. The number of carbonyl (C=O) groups is 2. The molecular weight excluding hydrogens is 459 g/mol. The van der Waals surface area contributed by atoms with Crippen molar-refractivity contribution >= 4 is 29.7 Å². The number of halogens is 1. The number of amides is 2. The molecule has 3 fully saturated rings. The van der Waals surface area contributed by atoms with Crippen molar-refractivity contribution in [3.63, 3.8) is 0 Å². The second-order valence-corrected chi connectivity index (χ2v) is 11.2. The zero-order chi connectivity index (χ0) is 24.2. The van der Waals surface area contributed by atoms with Gasteiger partial charge in [0.05, 0.1) is 4.91 Å². The zero-order valence-electron chi connectivity index (χ0n) is 20.1. The maximum absolute atomic E-state index is 14.4. The van der Waals surface area contributed by atoms with Gasteiger partial charge in [-0.1, -0.05) is 56.0 Å². The van der Waals surface area contributed by atoms with E-state index in [1.165, 1.54) is 18.9 Å². The number of carbonyl (C=O) groups excluding carboxylic acids is 2. The predicted octanol–water partition coefficient (Wildman–Crippen LogP) is 6.27. The fourth-order valence-electron chi connectivity index (χ4n) is 5.50. The Bertz CT molecular complexity index is 1090. The van der Waals surface area contributed by atoms with Gasteiger partial charge in [-0.2, -0.15) is 0 Å². The lowest BCUT2D eigenvalue weighted by Gasteiger charge is -2.44. The van der Waals surface area contributed by atoms with Crippen LogP contribution < -0.4 is 0 Å². The molecule has 3 aliphatic rings. The summed E-state index contributed by atoms with van der Waals surface area (Å²) >= 11 is 1.67. The van der Waals surface area contributed by atoms with Crippen LogP contribution in [-0.2, 0) is 11.3 Å². The topological polar surface area (TPSA) is 40.6 Å². The lowest BCUT2D eigenvalue weighted by molar-refractivity contribution is -0.130. The molecule has 2 amide bonds. The quantitative estimate of drug-likeness (QED) is 0.473. The zero-order valence-corrected chi connectivity index (χ0v) is 20.9. The smallest absolute Gasteiger partial charge is 0.260 e. The predicted molar refractivity (Wildman–Crippen MR) is 139 cm³/mol. The molecule has 1 aliphatic carbocycles. The summed E-state index contributed by atoms with van der Waals surface area (Å²) in [7, 11) is 0. The lowest BCUT2D eigenvalue weighted by atomic mass is 9.92. The third-order valence-electron chi connectivity index (χ3n) is 7.47. The maximum atomic E-state index is 14.4. The fraction of sp³-hybridized carbons (Fsp3) is 0.448. The Morgan fingerprint density at radius 2 is 1.66 bits per heavy atom. The molecule has 0 spiro atoms. The molecule has 5 rings (SSSR count). The molecule has 2 heterocycles. The number of nitrogens with zero attached hydrogens (tertiary/aromatic N) is 2. The van der Waals surface area contributed by atoms with E-state index in [1.54, 1.807) is 23.9 Å². The van der Waals surface area contributed by atoms with E-state index >= 15 is 0 Å². The summed E-state index contributed by atoms with van der Waals surface area (Å²) in [5, 5.41) is 0.336. The Kier molecular flexibility index (Phi) is 7.57. The van der Waals surface area contributed by atoms with Crippen LogP contribution in [0.3, 0.4) is 0 Å². The summed E-state index contributed by atoms with van der Waals surface area (Å²) in [6.45, 7) is 1.96. The van der Waals surface area contributed by atoms with Gasteiger partial charge < -0.3 is 9.80 Å². The van der Waals surface area contributed by atoms with E-state index < -0.39 is 0 Å². The van der Waals surface area contributed by atoms with Gasteiger partial charge in [-0.05, 0) is 55.5 Å². The van der Waals surface area contributed by atoms with Crippen molar-refractivity contribution in [2.75, 3.05) is 13.1 Å². The van der Waals surface area contributed by atoms with E-state index in [9.17, 15) is 14.0 Å². The minimum Gasteiger partial charge on any atom is -0.339 e. The van der Waals surface area contributed by atoms with E-state index in [4.69, 9.17) is 0 Å². The molecule has 0 N–H and O–H groups in total. The van der Waals surface area contributed by atoms with Gasteiger partial charge in [-0.3, -0.25) is 9.59 Å². The van der Waals surface area contributed by atoms with Crippen molar-refractivity contribution in [3.8, 4) is 0 Å². The van der Waals surface area contributed by atoms with Crippen molar-refractivity contribution < 1.29 is 14.0 Å². The van der Waals surface area contributed by atoms with Gasteiger partial charge in [0.25, 0.3) is 11.8 Å². The second-order valence-electron chi connectivity index (χ2n) is 9.87. The van der Waals surface area contributed by atoms with Crippen LogP contribution in [0.5, 0.6) is 0 Å². The van der Waals surface area contributed by atoms with E-state index in [0.29, 0.717) is 27.8 Å². The van der Waals surface area contributed by atoms with E-state index in [-0.39, 0.29) is 23.7 Å². The minimum absolute atomic E-state index is 0.0221. The van der Waals surface area contributed by atoms with Crippen LogP contribution in [0.1, 0.15) is 72.9 Å². The molecule has 2 unspecified atom stereocenters. The lowest BCUT2D eigenvalue weighted by Crippen LogP contribution is -2.50. The Hall–Kier alpha value is -2.60. The molecular formula is C29H33FN2O2S. The first-order valence-corrected chi connectivity index (χ1v) is 13.8. The van der Waals surface area contributed by atoms with Gasteiger partial charge >= 0.3 is 0 Å². The molecule has 0 bridgehead atoms. The Balaban J connectivity index is 1.35. The molecule has 1 saturated carbocycles. The standard InChI is InChI=1S/C29H33FN2O2S/c30-24-10-4-3-9-23(24)20-32-25-11-5-6-12-26(25)35-27(29(32)34)19-21-13-15-22(16-14-21)28(33)31-17-7-1-2-8-18-31/h3-4,9-10,13-16,19,25-26H,1-2,5-8,11-12,17-18,20H2/b27-19-. The first kappa shape index (κ1) is 24.1. The van der Waals surface area contributed by atoms with Gasteiger partial charge in [0.1, 0.15) is 5.82 Å². The van der Waals surface area contributed by atoms with Crippen molar-refractivity contribution in [2.24, 2.45) is 0 Å². The van der Waals surface area contributed by atoms with E-state index in [0.717, 1.165) is 57.2 Å². The highest BCUT2D eigenvalue weighted by Crippen LogP contribution is 2.42. The third kappa shape index (κ3) is 5.48. The number of benzene rings is 2. The Morgan fingerprint density at radius 1 is 0.943 bits per heavy atom. The van der Waals surface area contributed by atoms with Gasteiger partial charge in [-0.25, -0.2) is 4.39 Å². The highest BCUT2D eigenvalue weighted by molar-refractivity contribution is 8.04. The summed E-state index contributed by atoms with van der Waals surface area (Å²) in [5.74, 6) is -0.192. The van der Waals surface area contributed by atoms with Crippen LogP contribution >= 0.6 is 11.8 Å². The van der Waals surface area contributed by atoms with Crippen LogP contribution in [0.2, 0.25) is 0 Å². The maximum Gasteiger partial charge on any atom is 0.260 e. The van der Waals surface area contributed by atoms with Crippen LogP contribution in [0.4, 0.5) is 4.39 Å². The Labute approximate surface area is 211 Å². The van der Waals surface area contributed by atoms with Crippen molar-refractivity contribution in [3.05, 3.63) is 75.9 Å². The summed E-state index contributed by atoms with van der Waals surface area (Å²) in [6.07, 6.45) is 10.8. The first-order chi connectivity index (χ1) is 17.1. The molecule has 0 radical (unpaired) electrons. The van der Waals surface area contributed by atoms with E-state index in [1.807, 2.05) is 46.2 Å². The van der Waals surface area contributed by atoms with Crippen LogP contribution in [-0.4, -0.2) is 46.0 Å². The third-order valence-corrected chi connectivity index (χ3v) is 8.86. The summed E-state index contributed by atoms with van der Waals surface area (Å²) < 4.78 is 14.4. The summed E-state index contributed by atoms with van der Waals surface area (Å²) in [4.78, 5) is 31.0. The SMILES string of the molecule is O=C(c1ccc(/C=C2\SC3CCCCC3N(Cc3ccccc3F)C2=O)cc1)N1CCCCCC1. The molecule has 2 saturated heterocycles. The molecule has 6 heteroatoms. The molecule has 2 aromatic rings. The van der Waals surface area contributed by atoms with E-state index in [2.05, 4.69) is 0 Å². The number of hydrogen-bond donors (Lipinski definition) is 0. The second kappa shape index (κ2) is 11.0. The number of hydrogen-bond acceptors (Lipinski definition) is 3. The average molecular weight is 493 g/mol. The summed E-state index contributed by atoms with van der Waals surface area (Å²) in [6, 6.07) is 14.5. The molecule has 35 heavy (non-hydrogen) atoms. The monoisotopic (exact) mass is 492 g/mol. The highest BCUT2D eigenvalue weighted by Gasteiger charge is 2.40. The molecule has 4 nitrogen and oxygen atoms in total. The fourth-order valence-corrected chi connectivity index (χ4v) is 6.97. The van der Waals surface area contributed by atoms with Crippen molar-refractivity contribution in [2.45, 2.75) is 69.2 Å². The first-order valence-electron chi connectivity index (χ1n) is 12.9. The van der Waals surface area contributed by atoms with Crippen molar-refractivity contribution in [1.29, 1.82) is 0 Å². The molecule has 2 aromatic carbocycles. The Morgan fingerprint density at radius 3 is 2.40 bits per heavy atom.